The van der Waals surface area contributed by atoms with Crippen LogP contribution in [0.3, 0.4) is 0 Å². The molecule has 34 heavy (non-hydrogen) atoms. The molecule has 0 saturated heterocycles. The van der Waals surface area contributed by atoms with Gasteiger partial charge in [0, 0.05) is 12.4 Å². The predicted octanol–water partition coefficient (Wildman–Crippen LogP) is 3.83. The van der Waals surface area contributed by atoms with Crippen molar-refractivity contribution in [1.29, 1.82) is 0 Å². The molecule has 4 heterocycles. The summed E-state index contributed by atoms with van der Waals surface area (Å²) in [7, 11) is 0. The molecule has 0 unspecified atom stereocenters. The van der Waals surface area contributed by atoms with Gasteiger partial charge in [-0.25, -0.2) is 9.78 Å². The normalized spacial score (nSPS) is 14.2. The minimum atomic E-state index is -0.763. The van der Waals surface area contributed by atoms with Crippen LogP contribution >= 0.6 is 0 Å². The van der Waals surface area contributed by atoms with Crippen molar-refractivity contribution in [2.75, 3.05) is 13.2 Å². The highest BCUT2D eigenvalue weighted by Crippen LogP contribution is 2.28. The maximum Gasteiger partial charge on any atom is 0.410 e. The van der Waals surface area contributed by atoms with E-state index in [4.69, 9.17) is 9.47 Å². The average molecular weight is 466 g/mol. The summed E-state index contributed by atoms with van der Waals surface area (Å²) in [6.07, 6.45) is 4.86. The molecular weight excluding hydrogens is 434 g/mol. The SMILES string of the molecule is Cc1cccn2c(C(C)(C)NC(=O)c3ccnc4c3OCCN(C(=O)OC(C)(C)C)C4)ncc12. The maximum absolute atomic E-state index is 13.4. The molecule has 3 aromatic rings. The molecule has 0 atom stereocenters. The first-order valence-corrected chi connectivity index (χ1v) is 11.3. The minimum absolute atomic E-state index is 0.193. The lowest BCUT2D eigenvalue weighted by molar-refractivity contribution is 0.0223. The van der Waals surface area contributed by atoms with Gasteiger partial charge in [0.05, 0.1) is 35.9 Å². The molecule has 0 fully saturated rings. The number of aryl methyl sites for hydroxylation is 1. The lowest BCUT2D eigenvalue weighted by Crippen LogP contribution is -2.42. The molecule has 9 heteroatoms. The molecule has 2 amide bonds. The first kappa shape index (κ1) is 23.5. The van der Waals surface area contributed by atoms with E-state index in [1.54, 1.807) is 12.3 Å². The highest BCUT2D eigenvalue weighted by Gasteiger charge is 2.32. The Morgan fingerprint density at radius 2 is 1.91 bits per heavy atom. The lowest BCUT2D eigenvalue weighted by Gasteiger charge is -2.26. The van der Waals surface area contributed by atoms with E-state index in [2.05, 4.69) is 15.3 Å². The second-order valence-electron chi connectivity index (χ2n) is 9.99. The topological polar surface area (TPSA) is 98.1 Å². The second-order valence-corrected chi connectivity index (χ2v) is 9.99. The molecular formula is C25H31N5O4. The fraction of sp³-hybridized carbons (Fsp3) is 0.440. The van der Waals surface area contributed by atoms with Crippen LogP contribution in [0.25, 0.3) is 5.52 Å². The van der Waals surface area contributed by atoms with E-state index >= 15 is 0 Å². The van der Waals surface area contributed by atoms with Crippen LogP contribution in [-0.2, 0) is 16.8 Å². The van der Waals surface area contributed by atoms with E-state index in [0.717, 1.165) is 16.9 Å². The molecule has 4 rings (SSSR count). The van der Waals surface area contributed by atoms with E-state index in [9.17, 15) is 9.59 Å². The van der Waals surface area contributed by atoms with Crippen LogP contribution in [0.4, 0.5) is 4.79 Å². The molecule has 180 valence electrons. The van der Waals surface area contributed by atoms with Crippen LogP contribution in [0.5, 0.6) is 5.75 Å². The summed E-state index contributed by atoms with van der Waals surface area (Å²) < 4.78 is 13.4. The molecule has 0 radical (unpaired) electrons. The fourth-order valence-corrected chi connectivity index (χ4v) is 3.98. The van der Waals surface area contributed by atoms with Crippen LogP contribution in [-0.4, -0.2) is 50.0 Å². The molecule has 3 aromatic heterocycles. The average Bonchev–Trinajstić information content (AvgIpc) is 3.07. The van der Waals surface area contributed by atoms with Gasteiger partial charge in [0.1, 0.15) is 23.7 Å². The van der Waals surface area contributed by atoms with Crippen LogP contribution < -0.4 is 10.1 Å². The van der Waals surface area contributed by atoms with Gasteiger partial charge < -0.3 is 19.2 Å². The summed E-state index contributed by atoms with van der Waals surface area (Å²) in [5.41, 5.74) is 1.59. The number of hydrogen-bond donors (Lipinski definition) is 1. The Morgan fingerprint density at radius 3 is 2.65 bits per heavy atom. The van der Waals surface area contributed by atoms with E-state index in [1.165, 1.54) is 4.90 Å². The van der Waals surface area contributed by atoms with Crippen molar-refractivity contribution in [3.8, 4) is 5.75 Å². The lowest BCUT2D eigenvalue weighted by atomic mass is 10.0. The standard InChI is InChI=1S/C25H31N5O4/c1-16-8-7-11-30-19(16)14-27-22(30)25(5,6)28-21(31)17-9-10-26-18-15-29(12-13-33-20(17)18)23(32)34-24(2,3)4/h7-11,14H,12-13,15H2,1-6H3,(H,28,31). The first-order chi connectivity index (χ1) is 16.0. The third-order valence-electron chi connectivity index (χ3n) is 5.59. The molecule has 0 bridgehead atoms. The van der Waals surface area contributed by atoms with Gasteiger partial charge in [-0.3, -0.25) is 14.7 Å². The van der Waals surface area contributed by atoms with Gasteiger partial charge in [-0.1, -0.05) is 6.07 Å². The fourth-order valence-electron chi connectivity index (χ4n) is 3.98. The van der Waals surface area contributed by atoms with Gasteiger partial charge in [0.2, 0.25) is 0 Å². The van der Waals surface area contributed by atoms with Gasteiger partial charge in [0.25, 0.3) is 5.91 Å². The van der Waals surface area contributed by atoms with Gasteiger partial charge in [-0.05, 0) is 59.2 Å². The molecule has 0 saturated carbocycles. The minimum Gasteiger partial charge on any atom is -0.489 e. The maximum atomic E-state index is 13.4. The Labute approximate surface area is 199 Å². The summed E-state index contributed by atoms with van der Waals surface area (Å²) in [5.74, 6) is 0.793. The summed E-state index contributed by atoms with van der Waals surface area (Å²) in [4.78, 5) is 36.5. The van der Waals surface area contributed by atoms with Gasteiger partial charge in [-0.2, -0.15) is 0 Å². The zero-order chi connectivity index (χ0) is 24.7. The number of imidazole rings is 1. The smallest absolute Gasteiger partial charge is 0.410 e. The highest BCUT2D eigenvalue weighted by molar-refractivity contribution is 5.97. The quantitative estimate of drug-likeness (QED) is 0.631. The molecule has 1 N–H and O–H groups in total. The van der Waals surface area contributed by atoms with Crippen molar-refractivity contribution >= 4 is 17.5 Å². The molecule has 0 aliphatic carbocycles. The van der Waals surface area contributed by atoms with Crippen molar-refractivity contribution in [3.05, 3.63) is 59.4 Å². The molecule has 1 aliphatic rings. The zero-order valence-electron chi connectivity index (χ0n) is 20.5. The molecule has 1 aliphatic heterocycles. The third kappa shape index (κ3) is 4.69. The number of pyridine rings is 2. The molecule has 9 nitrogen and oxygen atoms in total. The Bertz CT molecular complexity index is 1240. The van der Waals surface area contributed by atoms with Crippen LogP contribution in [0.2, 0.25) is 0 Å². The largest absolute Gasteiger partial charge is 0.489 e. The number of rotatable bonds is 3. The number of fused-ring (bicyclic) bond motifs is 2. The molecule has 0 aromatic carbocycles. The van der Waals surface area contributed by atoms with E-state index in [0.29, 0.717) is 23.6 Å². The van der Waals surface area contributed by atoms with Gasteiger partial charge in [0.15, 0.2) is 5.75 Å². The number of carbonyl (C=O) groups excluding carboxylic acids is 2. The Morgan fingerprint density at radius 1 is 1.15 bits per heavy atom. The summed E-state index contributed by atoms with van der Waals surface area (Å²) >= 11 is 0. The van der Waals surface area contributed by atoms with Gasteiger partial charge >= 0.3 is 6.09 Å². The van der Waals surface area contributed by atoms with E-state index in [1.807, 2.05) is 70.5 Å². The Kier molecular flexibility index (Phi) is 5.97. The number of amides is 2. The van der Waals surface area contributed by atoms with Crippen LogP contribution in [0.15, 0.2) is 36.8 Å². The number of nitrogens with one attached hydrogen (secondary N) is 1. The summed E-state index contributed by atoms with van der Waals surface area (Å²) in [6.45, 7) is 12.1. The number of aromatic nitrogens is 3. The van der Waals surface area contributed by atoms with E-state index < -0.39 is 17.2 Å². The zero-order valence-corrected chi connectivity index (χ0v) is 20.5. The summed E-state index contributed by atoms with van der Waals surface area (Å²) in [6, 6.07) is 5.61. The van der Waals surface area contributed by atoms with Crippen molar-refractivity contribution in [1.82, 2.24) is 24.6 Å². The predicted molar refractivity (Wildman–Crippen MR) is 127 cm³/mol. The molecule has 0 spiro atoms. The number of hydrogen-bond acceptors (Lipinski definition) is 6. The summed E-state index contributed by atoms with van der Waals surface area (Å²) in [5, 5.41) is 3.09. The second kappa shape index (κ2) is 8.62. The number of carbonyl (C=O) groups is 2. The number of nitrogens with zero attached hydrogens (tertiary/aromatic N) is 4. The van der Waals surface area contributed by atoms with Gasteiger partial charge in [-0.15, -0.1) is 0 Å². The first-order valence-electron chi connectivity index (χ1n) is 11.3. The van der Waals surface area contributed by atoms with Crippen molar-refractivity contribution in [2.24, 2.45) is 0 Å². The monoisotopic (exact) mass is 465 g/mol. The van der Waals surface area contributed by atoms with Crippen LogP contribution in [0.1, 0.15) is 62.1 Å². The number of ether oxygens (including phenoxy) is 2. The van der Waals surface area contributed by atoms with Crippen molar-refractivity contribution < 1.29 is 19.1 Å². The van der Waals surface area contributed by atoms with E-state index in [-0.39, 0.29) is 19.1 Å². The Hall–Kier alpha value is -3.62. The van der Waals surface area contributed by atoms with Crippen molar-refractivity contribution in [2.45, 2.75) is 59.2 Å². The van der Waals surface area contributed by atoms with Crippen molar-refractivity contribution in [3.63, 3.8) is 0 Å². The van der Waals surface area contributed by atoms with Crippen LogP contribution in [0, 0.1) is 6.92 Å². The third-order valence-corrected chi connectivity index (χ3v) is 5.59. The Balaban J connectivity index is 1.58. The highest BCUT2D eigenvalue weighted by atomic mass is 16.6.